The summed E-state index contributed by atoms with van der Waals surface area (Å²) < 4.78 is 0. The van der Waals surface area contributed by atoms with Gasteiger partial charge in [0.25, 0.3) is 0 Å². The minimum absolute atomic E-state index is 0.0492. The van der Waals surface area contributed by atoms with Crippen LogP contribution < -0.4 is 21.7 Å². The molecule has 3 rings (SSSR count). The fourth-order valence-electron chi connectivity index (χ4n) is 3.37. The van der Waals surface area contributed by atoms with Gasteiger partial charge >= 0.3 is 0 Å². The third-order valence-corrected chi connectivity index (χ3v) is 4.68. The fraction of sp³-hybridized carbons (Fsp3) is 0.444. The highest BCUT2D eigenvalue weighted by molar-refractivity contribution is 5.80. The van der Waals surface area contributed by atoms with Crippen LogP contribution in [0.25, 0.3) is 11.1 Å². The molecule has 5 N–H and O–H groups in total. The van der Waals surface area contributed by atoms with Crippen molar-refractivity contribution in [1.82, 2.24) is 20.3 Å². The average molecular weight is 355 g/mol. The first-order chi connectivity index (χ1) is 12.5. The molecule has 1 fully saturated rings. The molecule has 3 heterocycles. The summed E-state index contributed by atoms with van der Waals surface area (Å²) in [6, 6.07) is 3.67. The Balaban J connectivity index is 1.88. The molecule has 2 aromatic heterocycles. The second-order valence-electron chi connectivity index (χ2n) is 6.49. The number of pyridine rings is 1. The summed E-state index contributed by atoms with van der Waals surface area (Å²) in [6.07, 6.45) is 3.30. The molecule has 138 valence electrons. The maximum absolute atomic E-state index is 12.1. The molecule has 0 spiro atoms. The number of nitrogen functional groups attached to an aromatic ring is 2. The number of amides is 1. The minimum Gasteiger partial charge on any atom is -0.384 e. The van der Waals surface area contributed by atoms with Gasteiger partial charge in [-0.3, -0.25) is 4.79 Å². The van der Waals surface area contributed by atoms with Gasteiger partial charge in [0.15, 0.2) is 0 Å². The van der Waals surface area contributed by atoms with E-state index in [0.717, 1.165) is 48.6 Å². The Morgan fingerprint density at radius 2 is 2.00 bits per heavy atom. The molecule has 2 aromatic rings. The Kier molecular flexibility index (Phi) is 5.20. The highest BCUT2D eigenvalue weighted by Crippen LogP contribution is 2.34. The molecular weight excluding hydrogens is 330 g/mol. The third kappa shape index (κ3) is 3.68. The fourth-order valence-corrected chi connectivity index (χ4v) is 3.37. The van der Waals surface area contributed by atoms with Crippen LogP contribution in [0.2, 0.25) is 0 Å². The van der Waals surface area contributed by atoms with Crippen molar-refractivity contribution in [2.45, 2.75) is 26.7 Å². The molecule has 1 amide bonds. The van der Waals surface area contributed by atoms with Crippen LogP contribution in [0.1, 0.15) is 25.5 Å². The van der Waals surface area contributed by atoms with E-state index in [1.807, 2.05) is 19.9 Å². The van der Waals surface area contributed by atoms with Crippen LogP contribution in [-0.4, -0.2) is 40.5 Å². The van der Waals surface area contributed by atoms with Crippen LogP contribution in [0.4, 0.5) is 17.6 Å². The van der Waals surface area contributed by atoms with Crippen LogP contribution in [0.3, 0.4) is 0 Å². The largest absolute Gasteiger partial charge is 0.384 e. The second-order valence-corrected chi connectivity index (χ2v) is 6.49. The normalized spacial score (nSPS) is 15.1. The number of rotatable bonds is 4. The SMILES string of the molecule is CCNC(=O)C1CCN(c2nc(N)nc(C)c2-c2ccc(N)nc2)CC1. The van der Waals surface area contributed by atoms with E-state index in [-0.39, 0.29) is 17.8 Å². The summed E-state index contributed by atoms with van der Waals surface area (Å²) in [4.78, 5) is 27.2. The molecule has 0 bridgehead atoms. The maximum Gasteiger partial charge on any atom is 0.223 e. The van der Waals surface area contributed by atoms with Crippen LogP contribution in [0, 0.1) is 12.8 Å². The van der Waals surface area contributed by atoms with Gasteiger partial charge in [-0.15, -0.1) is 0 Å². The van der Waals surface area contributed by atoms with Gasteiger partial charge < -0.3 is 21.7 Å². The van der Waals surface area contributed by atoms with E-state index in [9.17, 15) is 4.79 Å². The van der Waals surface area contributed by atoms with Gasteiger partial charge in [-0.2, -0.15) is 4.98 Å². The van der Waals surface area contributed by atoms with Crippen molar-refractivity contribution in [3.05, 3.63) is 24.0 Å². The molecule has 0 atom stereocenters. The molecule has 26 heavy (non-hydrogen) atoms. The molecule has 1 aliphatic heterocycles. The number of aryl methyl sites for hydroxylation is 1. The Bertz CT molecular complexity index is 783. The van der Waals surface area contributed by atoms with Crippen LogP contribution in [-0.2, 0) is 4.79 Å². The lowest BCUT2D eigenvalue weighted by Gasteiger charge is -2.33. The molecule has 0 aliphatic carbocycles. The maximum atomic E-state index is 12.1. The number of nitrogens with zero attached hydrogens (tertiary/aromatic N) is 4. The molecular formula is C18H25N7O. The Labute approximate surface area is 153 Å². The number of carbonyl (C=O) groups excluding carboxylic acids is 1. The number of nitrogens with one attached hydrogen (secondary N) is 1. The molecule has 0 unspecified atom stereocenters. The Morgan fingerprint density at radius 3 is 2.62 bits per heavy atom. The van der Waals surface area contributed by atoms with Crippen LogP contribution in [0.15, 0.2) is 18.3 Å². The van der Waals surface area contributed by atoms with E-state index in [4.69, 9.17) is 11.5 Å². The van der Waals surface area contributed by atoms with Gasteiger partial charge in [0.1, 0.15) is 11.6 Å². The lowest BCUT2D eigenvalue weighted by atomic mass is 9.95. The highest BCUT2D eigenvalue weighted by Gasteiger charge is 2.27. The lowest BCUT2D eigenvalue weighted by molar-refractivity contribution is -0.125. The number of nitrogens with two attached hydrogens (primary N) is 2. The molecule has 8 heteroatoms. The second kappa shape index (κ2) is 7.55. The number of anilines is 3. The number of carbonyl (C=O) groups is 1. The monoisotopic (exact) mass is 355 g/mol. The number of hydrogen-bond donors (Lipinski definition) is 3. The zero-order valence-electron chi connectivity index (χ0n) is 15.2. The summed E-state index contributed by atoms with van der Waals surface area (Å²) in [6.45, 7) is 6.00. The third-order valence-electron chi connectivity index (χ3n) is 4.68. The topological polar surface area (TPSA) is 123 Å². The molecule has 0 saturated carbocycles. The van der Waals surface area contributed by atoms with E-state index < -0.39 is 0 Å². The number of hydrogen-bond acceptors (Lipinski definition) is 7. The van der Waals surface area contributed by atoms with Gasteiger partial charge in [0, 0.05) is 42.9 Å². The van der Waals surface area contributed by atoms with Crippen molar-refractivity contribution in [2.75, 3.05) is 36.0 Å². The van der Waals surface area contributed by atoms with E-state index >= 15 is 0 Å². The standard InChI is InChI=1S/C18H25N7O/c1-3-21-17(26)12-6-8-25(9-7-12)16-15(11(2)23-18(20)24-16)13-4-5-14(19)22-10-13/h4-5,10,12H,3,6-9H2,1-2H3,(H2,19,22)(H,21,26)(H2,20,23,24). The predicted octanol–water partition coefficient (Wildman–Crippen LogP) is 1.36. The summed E-state index contributed by atoms with van der Waals surface area (Å²) in [5.74, 6) is 1.68. The average Bonchev–Trinajstić information content (AvgIpc) is 2.62. The van der Waals surface area contributed by atoms with E-state index in [1.54, 1.807) is 12.3 Å². The first kappa shape index (κ1) is 17.9. The number of piperidine rings is 1. The first-order valence-corrected chi connectivity index (χ1v) is 8.88. The zero-order chi connectivity index (χ0) is 18.7. The summed E-state index contributed by atoms with van der Waals surface area (Å²) in [7, 11) is 0. The predicted molar refractivity (Wildman–Crippen MR) is 102 cm³/mol. The molecule has 1 aliphatic rings. The highest BCUT2D eigenvalue weighted by atomic mass is 16.1. The summed E-state index contributed by atoms with van der Waals surface area (Å²) in [5, 5.41) is 2.91. The van der Waals surface area contributed by atoms with Crippen molar-refractivity contribution in [1.29, 1.82) is 0 Å². The zero-order valence-corrected chi connectivity index (χ0v) is 15.2. The van der Waals surface area contributed by atoms with Gasteiger partial charge in [-0.25, -0.2) is 9.97 Å². The van der Waals surface area contributed by atoms with Gasteiger partial charge in [-0.05, 0) is 38.8 Å². The molecule has 0 radical (unpaired) electrons. The molecule has 1 saturated heterocycles. The van der Waals surface area contributed by atoms with Gasteiger partial charge in [0.05, 0.1) is 5.69 Å². The lowest BCUT2D eigenvalue weighted by Crippen LogP contribution is -2.41. The van der Waals surface area contributed by atoms with Crippen molar-refractivity contribution >= 4 is 23.5 Å². The first-order valence-electron chi connectivity index (χ1n) is 8.88. The van der Waals surface area contributed by atoms with Crippen molar-refractivity contribution in [2.24, 2.45) is 5.92 Å². The van der Waals surface area contributed by atoms with E-state index in [0.29, 0.717) is 12.4 Å². The van der Waals surface area contributed by atoms with E-state index in [2.05, 4.69) is 25.2 Å². The smallest absolute Gasteiger partial charge is 0.223 e. The summed E-state index contributed by atoms with van der Waals surface area (Å²) in [5.41, 5.74) is 14.2. The van der Waals surface area contributed by atoms with Crippen LogP contribution >= 0.6 is 0 Å². The Hall–Kier alpha value is -2.90. The van der Waals surface area contributed by atoms with Crippen LogP contribution in [0.5, 0.6) is 0 Å². The molecule has 0 aromatic carbocycles. The van der Waals surface area contributed by atoms with Crippen molar-refractivity contribution < 1.29 is 4.79 Å². The van der Waals surface area contributed by atoms with Gasteiger partial charge in [-0.1, -0.05) is 0 Å². The minimum atomic E-state index is 0.0492. The molecule has 8 nitrogen and oxygen atoms in total. The quantitative estimate of drug-likeness (QED) is 0.756. The van der Waals surface area contributed by atoms with Crippen molar-refractivity contribution in [3.63, 3.8) is 0 Å². The van der Waals surface area contributed by atoms with Gasteiger partial charge in [0.2, 0.25) is 11.9 Å². The summed E-state index contributed by atoms with van der Waals surface area (Å²) >= 11 is 0. The van der Waals surface area contributed by atoms with E-state index in [1.165, 1.54) is 0 Å². The number of aromatic nitrogens is 3. The van der Waals surface area contributed by atoms with Crippen molar-refractivity contribution in [3.8, 4) is 11.1 Å². The Morgan fingerprint density at radius 1 is 1.27 bits per heavy atom.